The maximum Gasteiger partial charge on any atom is 0.167 e. The van der Waals surface area contributed by atoms with Gasteiger partial charge < -0.3 is 4.74 Å². The van der Waals surface area contributed by atoms with Gasteiger partial charge in [0.05, 0.1) is 6.10 Å². The number of halogens is 4. The highest BCUT2D eigenvalue weighted by molar-refractivity contribution is 5.79. The van der Waals surface area contributed by atoms with Crippen LogP contribution in [0.15, 0.2) is 12.1 Å². The van der Waals surface area contributed by atoms with Gasteiger partial charge in [0, 0.05) is 17.7 Å². The first-order chi connectivity index (χ1) is 15.9. The molecule has 180 valence electrons. The lowest BCUT2D eigenvalue weighted by molar-refractivity contribution is -0.0226. The second kappa shape index (κ2) is 10.6. The molecule has 0 N–H and O–H groups in total. The number of hydrogen-bond acceptors (Lipinski definition) is 1. The third kappa shape index (κ3) is 4.99. The van der Waals surface area contributed by atoms with Crippen LogP contribution in [-0.2, 0) is 24.0 Å². The molecule has 0 saturated carbocycles. The van der Waals surface area contributed by atoms with E-state index in [1.807, 2.05) is 6.92 Å². The molecule has 5 heteroatoms. The van der Waals surface area contributed by atoms with Crippen molar-refractivity contribution in [1.29, 1.82) is 0 Å². The Morgan fingerprint density at radius 3 is 1.94 bits per heavy atom. The quantitative estimate of drug-likeness (QED) is 0.231. The van der Waals surface area contributed by atoms with Crippen molar-refractivity contribution in [3.05, 3.63) is 57.7 Å². The van der Waals surface area contributed by atoms with Gasteiger partial charge in [-0.25, -0.2) is 17.6 Å². The van der Waals surface area contributed by atoms with E-state index < -0.39 is 23.3 Å². The topological polar surface area (TPSA) is 9.23 Å². The van der Waals surface area contributed by atoms with E-state index in [-0.39, 0.29) is 11.1 Å². The van der Waals surface area contributed by atoms with Crippen molar-refractivity contribution in [3.63, 3.8) is 0 Å². The summed E-state index contributed by atoms with van der Waals surface area (Å²) in [7, 11) is 0. The molecule has 2 aromatic carbocycles. The number of ether oxygens (including phenoxy) is 1. The van der Waals surface area contributed by atoms with E-state index in [9.17, 15) is 13.2 Å². The SMILES string of the molecule is CCCCCC1CCC(CCc2cc3c(c(F)c2F)-c2c(cc(CCC)c(F)c2F)C3)CO1. The van der Waals surface area contributed by atoms with Crippen LogP contribution in [0.3, 0.4) is 0 Å². The van der Waals surface area contributed by atoms with Gasteiger partial charge in [-0.3, -0.25) is 0 Å². The summed E-state index contributed by atoms with van der Waals surface area (Å²) in [5.41, 5.74) is 1.48. The molecular weight excluding hydrogens is 428 g/mol. The van der Waals surface area contributed by atoms with Crippen LogP contribution in [0.2, 0.25) is 0 Å². The first-order valence-electron chi connectivity index (χ1n) is 12.6. The molecule has 1 fully saturated rings. The Balaban J connectivity index is 1.46. The molecule has 1 saturated heterocycles. The molecule has 2 aromatic rings. The second-order valence-electron chi connectivity index (χ2n) is 9.76. The molecule has 4 rings (SSSR count). The zero-order valence-corrected chi connectivity index (χ0v) is 19.7. The maximum absolute atomic E-state index is 15.1. The van der Waals surface area contributed by atoms with Crippen LogP contribution in [0.25, 0.3) is 11.1 Å². The van der Waals surface area contributed by atoms with E-state index in [1.54, 1.807) is 12.1 Å². The molecule has 2 unspecified atom stereocenters. The van der Waals surface area contributed by atoms with E-state index in [2.05, 4.69) is 6.92 Å². The molecule has 2 atom stereocenters. The molecule has 1 aliphatic heterocycles. The zero-order chi connectivity index (χ0) is 23.5. The fourth-order valence-electron chi connectivity index (χ4n) is 5.43. The second-order valence-corrected chi connectivity index (χ2v) is 9.76. The highest BCUT2D eigenvalue weighted by Gasteiger charge is 2.32. The van der Waals surface area contributed by atoms with Gasteiger partial charge in [-0.15, -0.1) is 0 Å². The predicted octanol–water partition coefficient (Wildman–Crippen LogP) is 8.07. The Kier molecular flexibility index (Phi) is 7.78. The average Bonchev–Trinajstić information content (AvgIpc) is 3.18. The van der Waals surface area contributed by atoms with Crippen molar-refractivity contribution in [3.8, 4) is 11.1 Å². The summed E-state index contributed by atoms with van der Waals surface area (Å²) in [4.78, 5) is 0. The molecule has 1 aliphatic carbocycles. The third-order valence-electron chi connectivity index (χ3n) is 7.29. The zero-order valence-electron chi connectivity index (χ0n) is 19.7. The standard InChI is InChI=1S/C28H34F4O/c1-3-5-6-8-22-12-10-17(16-33-22)9-11-19-14-21-15-20-13-18(7-4-2)25(29)27(31)23(20)24(21)28(32)26(19)30/h13-14,17,22H,3-12,15-16H2,1-2H3. The number of fused-ring (bicyclic) bond motifs is 3. The summed E-state index contributed by atoms with van der Waals surface area (Å²) in [6.07, 6.45) is 9.65. The van der Waals surface area contributed by atoms with E-state index >= 15 is 4.39 Å². The number of hydrogen-bond donors (Lipinski definition) is 0. The Morgan fingerprint density at radius 2 is 1.39 bits per heavy atom. The van der Waals surface area contributed by atoms with Gasteiger partial charge in [0.2, 0.25) is 0 Å². The van der Waals surface area contributed by atoms with Crippen molar-refractivity contribution in [2.24, 2.45) is 5.92 Å². The van der Waals surface area contributed by atoms with Crippen molar-refractivity contribution in [2.75, 3.05) is 6.61 Å². The summed E-state index contributed by atoms with van der Waals surface area (Å²) in [5.74, 6) is -3.67. The van der Waals surface area contributed by atoms with E-state index in [0.29, 0.717) is 66.6 Å². The monoisotopic (exact) mass is 462 g/mol. The van der Waals surface area contributed by atoms with Crippen LogP contribution in [0.1, 0.15) is 87.5 Å². The Hall–Kier alpha value is -1.88. The first kappa shape index (κ1) is 24.3. The van der Waals surface area contributed by atoms with Gasteiger partial charge in [0.15, 0.2) is 23.3 Å². The highest BCUT2D eigenvalue weighted by atomic mass is 19.2. The molecule has 2 aliphatic rings. The maximum atomic E-state index is 15.1. The van der Waals surface area contributed by atoms with Crippen LogP contribution in [0.4, 0.5) is 17.6 Å². The van der Waals surface area contributed by atoms with Crippen molar-refractivity contribution >= 4 is 0 Å². The van der Waals surface area contributed by atoms with Crippen LogP contribution in [0.5, 0.6) is 0 Å². The number of benzene rings is 2. The molecule has 0 amide bonds. The Labute approximate surface area is 194 Å². The van der Waals surface area contributed by atoms with Crippen LogP contribution in [0, 0.1) is 29.2 Å². The van der Waals surface area contributed by atoms with Gasteiger partial charge >= 0.3 is 0 Å². The summed E-state index contributed by atoms with van der Waals surface area (Å²) in [6, 6.07) is 3.27. The lowest BCUT2D eigenvalue weighted by Gasteiger charge is -2.29. The fourth-order valence-corrected chi connectivity index (χ4v) is 5.43. The summed E-state index contributed by atoms with van der Waals surface area (Å²) in [5, 5.41) is 0. The van der Waals surface area contributed by atoms with Gasteiger partial charge in [0.25, 0.3) is 0 Å². The van der Waals surface area contributed by atoms with Crippen LogP contribution in [-0.4, -0.2) is 12.7 Å². The average molecular weight is 463 g/mol. The third-order valence-corrected chi connectivity index (χ3v) is 7.29. The van der Waals surface area contributed by atoms with Gasteiger partial charge in [-0.05, 0) is 73.1 Å². The van der Waals surface area contributed by atoms with Crippen molar-refractivity contribution < 1.29 is 22.3 Å². The smallest absolute Gasteiger partial charge is 0.167 e. The molecule has 1 heterocycles. The molecule has 33 heavy (non-hydrogen) atoms. The van der Waals surface area contributed by atoms with E-state index in [1.165, 1.54) is 19.3 Å². The molecule has 0 spiro atoms. The highest BCUT2D eigenvalue weighted by Crippen LogP contribution is 2.43. The van der Waals surface area contributed by atoms with Crippen molar-refractivity contribution in [1.82, 2.24) is 0 Å². The molecule has 0 radical (unpaired) electrons. The van der Waals surface area contributed by atoms with Crippen molar-refractivity contribution in [2.45, 2.75) is 90.6 Å². The predicted molar refractivity (Wildman–Crippen MR) is 123 cm³/mol. The first-order valence-corrected chi connectivity index (χ1v) is 12.6. The molecule has 1 nitrogen and oxygen atoms in total. The summed E-state index contributed by atoms with van der Waals surface area (Å²) >= 11 is 0. The van der Waals surface area contributed by atoms with Gasteiger partial charge in [0.1, 0.15) is 0 Å². The molecular formula is C28H34F4O. The number of rotatable bonds is 9. The number of unbranched alkanes of at least 4 members (excludes halogenated alkanes) is 2. The lowest BCUT2D eigenvalue weighted by atomic mass is 9.90. The fraction of sp³-hybridized carbons (Fsp3) is 0.571. The Bertz CT molecular complexity index is 992. The Morgan fingerprint density at radius 1 is 0.758 bits per heavy atom. The molecule has 0 aromatic heterocycles. The number of aryl methyl sites for hydroxylation is 2. The molecule has 0 bridgehead atoms. The van der Waals surface area contributed by atoms with E-state index in [0.717, 1.165) is 25.7 Å². The largest absolute Gasteiger partial charge is 0.378 e. The summed E-state index contributed by atoms with van der Waals surface area (Å²) in [6.45, 7) is 4.75. The van der Waals surface area contributed by atoms with Gasteiger partial charge in [-0.2, -0.15) is 0 Å². The van der Waals surface area contributed by atoms with E-state index in [4.69, 9.17) is 4.74 Å². The minimum Gasteiger partial charge on any atom is -0.378 e. The lowest BCUT2D eigenvalue weighted by Crippen LogP contribution is -2.26. The van der Waals surface area contributed by atoms with Crippen LogP contribution < -0.4 is 0 Å². The minimum absolute atomic E-state index is 0.110. The van der Waals surface area contributed by atoms with Crippen LogP contribution >= 0.6 is 0 Å². The normalized spacial score (nSPS) is 19.6. The van der Waals surface area contributed by atoms with Gasteiger partial charge in [-0.1, -0.05) is 51.7 Å². The minimum atomic E-state index is -1.06. The summed E-state index contributed by atoms with van der Waals surface area (Å²) < 4.78 is 65.3.